The molecular weight excluding hydrogens is 286 g/mol. The number of ether oxygens (including phenoxy) is 1. The van der Waals surface area contributed by atoms with Crippen molar-refractivity contribution in [2.75, 3.05) is 25.2 Å². The Labute approximate surface area is 130 Å². The lowest BCUT2D eigenvalue weighted by Crippen LogP contribution is -2.36. The third-order valence-corrected chi connectivity index (χ3v) is 6.72. The number of thioether (sulfide) groups is 2. The van der Waals surface area contributed by atoms with E-state index in [0.717, 1.165) is 25.3 Å². The van der Waals surface area contributed by atoms with Crippen LogP contribution < -0.4 is 10.1 Å². The largest absolute Gasteiger partial charge is 0.497 e. The van der Waals surface area contributed by atoms with Gasteiger partial charge in [-0.3, -0.25) is 0 Å². The molecule has 0 spiro atoms. The van der Waals surface area contributed by atoms with Gasteiger partial charge in [0.2, 0.25) is 0 Å². The van der Waals surface area contributed by atoms with E-state index in [9.17, 15) is 0 Å². The van der Waals surface area contributed by atoms with Gasteiger partial charge in [-0.2, -0.15) is 0 Å². The zero-order valence-corrected chi connectivity index (χ0v) is 13.7. The first-order valence-corrected chi connectivity index (χ1v) is 8.97. The van der Waals surface area contributed by atoms with Gasteiger partial charge in [0.05, 0.1) is 11.2 Å². The van der Waals surface area contributed by atoms with E-state index in [-0.39, 0.29) is 4.08 Å². The molecule has 1 aromatic carbocycles. The van der Waals surface area contributed by atoms with Gasteiger partial charge in [0.25, 0.3) is 0 Å². The fraction of sp³-hybridized carbons (Fsp3) is 0.500. The Kier molecular flexibility index (Phi) is 6.33. The predicted molar refractivity (Wildman–Crippen MR) is 91.8 cm³/mol. The normalized spacial score (nSPS) is 17.6. The minimum atomic E-state index is 0.284. The third-order valence-electron chi connectivity index (χ3n) is 3.36. The van der Waals surface area contributed by atoms with Crippen LogP contribution in [0.15, 0.2) is 36.9 Å². The zero-order valence-electron chi connectivity index (χ0n) is 12.1. The molecule has 1 heterocycles. The van der Waals surface area contributed by atoms with Crippen molar-refractivity contribution < 1.29 is 4.74 Å². The SMILES string of the molecule is C=CCC1(CNCc2ccc(OC)cc2)SCCCS1. The summed E-state index contributed by atoms with van der Waals surface area (Å²) in [7, 11) is 1.70. The average Bonchev–Trinajstić information content (AvgIpc) is 2.49. The van der Waals surface area contributed by atoms with Gasteiger partial charge in [-0.25, -0.2) is 0 Å². The molecule has 0 aliphatic carbocycles. The third kappa shape index (κ3) is 4.47. The predicted octanol–water partition coefficient (Wildman–Crippen LogP) is 3.93. The first kappa shape index (κ1) is 15.8. The van der Waals surface area contributed by atoms with Gasteiger partial charge < -0.3 is 10.1 Å². The summed E-state index contributed by atoms with van der Waals surface area (Å²) in [6.45, 7) is 5.85. The molecule has 1 fully saturated rings. The Morgan fingerprint density at radius 2 is 2.00 bits per heavy atom. The average molecular weight is 310 g/mol. The molecule has 0 saturated carbocycles. The molecule has 0 atom stereocenters. The number of benzene rings is 1. The molecule has 0 unspecified atom stereocenters. The van der Waals surface area contributed by atoms with Crippen molar-refractivity contribution in [3.8, 4) is 5.75 Å². The molecule has 0 bridgehead atoms. The number of methoxy groups -OCH3 is 1. The van der Waals surface area contributed by atoms with Crippen LogP contribution in [0.3, 0.4) is 0 Å². The van der Waals surface area contributed by atoms with Crippen molar-refractivity contribution in [3.63, 3.8) is 0 Å². The highest BCUT2D eigenvalue weighted by atomic mass is 32.2. The number of hydrogen-bond donors (Lipinski definition) is 1. The van der Waals surface area contributed by atoms with E-state index in [0.29, 0.717) is 0 Å². The summed E-state index contributed by atoms with van der Waals surface area (Å²) in [5, 5.41) is 3.60. The van der Waals surface area contributed by atoms with E-state index in [1.807, 2.05) is 12.1 Å². The first-order valence-electron chi connectivity index (χ1n) is 7.00. The van der Waals surface area contributed by atoms with E-state index in [4.69, 9.17) is 4.74 Å². The van der Waals surface area contributed by atoms with E-state index >= 15 is 0 Å². The first-order chi connectivity index (χ1) is 9.78. The van der Waals surface area contributed by atoms with Crippen molar-refractivity contribution >= 4 is 23.5 Å². The Balaban J connectivity index is 1.84. The van der Waals surface area contributed by atoms with Gasteiger partial charge in [-0.1, -0.05) is 18.2 Å². The van der Waals surface area contributed by atoms with Crippen LogP contribution in [-0.2, 0) is 6.54 Å². The standard InChI is InChI=1S/C16H23NOS2/c1-3-9-16(19-10-4-11-20-16)13-17-12-14-5-7-15(18-2)8-6-14/h3,5-8,17H,1,4,9-13H2,2H3. The summed E-state index contributed by atoms with van der Waals surface area (Å²) in [5.41, 5.74) is 1.30. The van der Waals surface area contributed by atoms with Crippen LogP contribution in [0.1, 0.15) is 18.4 Å². The van der Waals surface area contributed by atoms with Gasteiger partial charge in [0, 0.05) is 13.1 Å². The second-order valence-corrected chi connectivity index (χ2v) is 8.12. The molecule has 0 radical (unpaired) electrons. The van der Waals surface area contributed by atoms with Crippen LogP contribution in [0.4, 0.5) is 0 Å². The van der Waals surface area contributed by atoms with Crippen LogP contribution in [0.5, 0.6) is 5.75 Å². The smallest absolute Gasteiger partial charge is 0.118 e. The van der Waals surface area contributed by atoms with Crippen molar-refractivity contribution in [1.82, 2.24) is 5.32 Å². The quantitative estimate of drug-likeness (QED) is 0.770. The van der Waals surface area contributed by atoms with Gasteiger partial charge >= 0.3 is 0 Å². The molecule has 0 aromatic heterocycles. The fourth-order valence-corrected chi connectivity index (χ4v) is 5.49. The van der Waals surface area contributed by atoms with Crippen molar-refractivity contribution in [3.05, 3.63) is 42.5 Å². The van der Waals surface area contributed by atoms with E-state index < -0.39 is 0 Å². The van der Waals surface area contributed by atoms with Gasteiger partial charge in [0.1, 0.15) is 5.75 Å². The zero-order chi connectivity index (χ0) is 14.3. The number of rotatable bonds is 7. The molecule has 1 aliphatic heterocycles. The maximum Gasteiger partial charge on any atom is 0.118 e. The Morgan fingerprint density at radius 3 is 2.60 bits per heavy atom. The summed E-state index contributed by atoms with van der Waals surface area (Å²) in [6, 6.07) is 8.27. The maximum atomic E-state index is 5.18. The molecular formula is C16H23NOS2. The lowest BCUT2D eigenvalue weighted by molar-refractivity contribution is 0.414. The highest BCUT2D eigenvalue weighted by Crippen LogP contribution is 2.44. The lowest BCUT2D eigenvalue weighted by atomic mass is 10.2. The summed E-state index contributed by atoms with van der Waals surface area (Å²) >= 11 is 4.17. The molecule has 4 heteroatoms. The summed E-state index contributed by atoms with van der Waals surface area (Å²) in [5.74, 6) is 3.45. The molecule has 110 valence electrons. The van der Waals surface area contributed by atoms with E-state index in [2.05, 4.69) is 53.6 Å². The minimum absolute atomic E-state index is 0.284. The van der Waals surface area contributed by atoms with Gasteiger partial charge in [-0.05, 0) is 42.0 Å². The molecule has 0 amide bonds. The van der Waals surface area contributed by atoms with Crippen molar-refractivity contribution in [2.45, 2.75) is 23.5 Å². The molecule has 2 nitrogen and oxygen atoms in total. The highest BCUT2D eigenvalue weighted by molar-refractivity contribution is 8.18. The van der Waals surface area contributed by atoms with Crippen LogP contribution in [0, 0.1) is 0 Å². The van der Waals surface area contributed by atoms with Crippen LogP contribution in [0.2, 0.25) is 0 Å². The van der Waals surface area contributed by atoms with Crippen molar-refractivity contribution in [2.24, 2.45) is 0 Å². The summed E-state index contributed by atoms with van der Waals surface area (Å²) < 4.78 is 5.46. The topological polar surface area (TPSA) is 21.3 Å². The van der Waals surface area contributed by atoms with Gasteiger partial charge in [0.15, 0.2) is 0 Å². The molecule has 1 aromatic rings. The lowest BCUT2D eigenvalue weighted by Gasteiger charge is -2.35. The molecule has 1 N–H and O–H groups in total. The van der Waals surface area contributed by atoms with Crippen LogP contribution >= 0.6 is 23.5 Å². The fourth-order valence-electron chi connectivity index (χ4n) is 2.27. The second kappa shape index (κ2) is 8.01. The van der Waals surface area contributed by atoms with E-state index in [1.54, 1.807) is 7.11 Å². The Morgan fingerprint density at radius 1 is 1.30 bits per heavy atom. The highest BCUT2D eigenvalue weighted by Gasteiger charge is 2.31. The second-order valence-electron chi connectivity index (χ2n) is 4.91. The maximum absolute atomic E-state index is 5.18. The minimum Gasteiger partial charge on any atom is -0.497 e. The van der Waals surface area contributed by atoms with Crippen LogP contribution in [-0.4, -0.2) is 29.2 Å². The number of hydrogen-bond acceptors (Lipinski definition) is 4. The molecule has 20 heavy (non-hydrogen) atoms. The Hall–Kier alpha value is -0.580. The van der Waals surface area contributed by atoms with Crippen LogP contribution in [0.25, 0.3) is 0 Å². The summed E-state index contributed by atoms with van der Waals surface area (Å²) in [4.78, 5) is 0. The van der Waals surface area contributed by atoms with Crippen molar-refractivity contribution in [1.29, 1.82) is 0 Å². The molecule has 1 saturated heterocycles. The summed E-state index contributed by atoms with van der Waals surface area (Å²) in [6.07, 6.45) is 4.45. The molecule has 1 aliphatic rings. The van der Waals surface area contributed by atoms with E-state index in [1.165, 1.54) is 23.5 Å². The number of allylic oxidation sites excluding steroid dienone is 1. The Bertz CT molecular complexity index is 413. The molecule has 2 rings (SSSR count). The monoisotopic (exact) mass is 309 g/mol. The number of nitrogens with one attached hydrogen (secondary N) is 1. The van der Waals surface area contributed by atoms with Gasteiger partial charge in [-0.15, -0.1) is 30.1 Å².